The Morgan fingerprint density at radius 2 is 1.82 bits per heavy atom. The molecule has 4 rings (SSSR count). The Morgan fingerprint density at radius 3 is 2.57 bits per heavy atom. The number of benzene rings is 2. The Morgan fingerprint density at radius 1 is 1.07 bits per heavy atom. The van der Waals surface area contributed by atoms with Crippen LogP contribution >= 0.6 is 0 Å². The molecule has 0 aromatic heterocycles. The minimum Gasteiger partial charge on any atom is -0.486 e. The zero-order valence-electron chi connectivity index (χ0n) is 16.1. The van der Waals surface area contributed by atoms with Crippen LogP contribution < -0.4 is 19.1 Å². The van der Waals surface area contributed by atoms with E-state index in [0.717, 1.165) is 18.7 Å². The first-order valence-corrected chi connectivity index (χ1v) is 11.2. The van der Waals surface area contributed by atoms with Gasteiger partial charge in [-0.15, -0.1) is 0 Å². The molecule has 1 saturated heterocycles. The van der Waals surface area contributed by atoms with E-state index in [1.165, 1.54) is 30.7 Å². The van der Waals surface area contributed by atoms with E-state index in [2.05, 4.69) is 28.7 Å². The molecular weight excluding hydrogens is 376 g/mol. The van der Waals surface area contributed by atoms with E-state index in [9.17, 15) is 8.42 Å². The van der Waals surface area contributed by atoms with Gasteiger partial charge in [0.25, 0.3) is 0 Å². The van der Waals surface area contributed by atoms with Gasteiger partial charge in [-0.25, -0.2) is 13.1 Å². The first-order chi connectivity index (χ1) is 13.5. The molecule has 0 unspecified atom stereocenters. The molecule has 6 nitrogen and oxygen atoms in total. The van der Waals surface area contributed by atoms with Crippen molar-refractivity contribution in [2.24, 2.45) is 5.92 Å². The van der Waals surface area contributed by atoms with Gasteiger partial charge < -0.3 is 14.4 Å². The Hall–Kier alpha value is -2.25. The van der Waals surface area contributed by atoms with Gasteiger partial charge in [-0.3, -0.25) is 0 Å². The van der Waals surface area contributed by atoms with Crippen LogP contribution in [-0.2, 0) is 16.6 Å². The minimum absolute atomic E-state index is 0.177. The summed E-state index contributed by atoms with van der Waals surface area (Å²) in [5.74, 6) is 1.76. The topological polar surface area (TPSA) is 67.9 Å². The van der Waals surface area contributed by atoms with Crippen molar-refractivity contribution >= 4 is 15.7 Å². The lowest BCUT2D eigenvalue weighted by molar-refractivity contribution is 0.171. The van der Waals surface area contributed by atoms with E-state index in [0.29, 0.717) is 30.6 Å². The second-order valence-electron chi connectivity index (χ2n) is 7.49. The molecule has 2 aromatic rings. The molecule has 2 aromatic carbocycles. The molecular formula is C21H26N2O4S. The molecule has 2 aliphatic rings. The van der Waals surface area contributed by atoms with Gasteiger partial charge in [0.1, 0.15) is 13.2 Å². The lowest BCUT2D eigenvalue weighted by Crippen LogP contribution is -2.34. The number of nitrogens with one attached hydrogen (secondary N) is 1. The van der Waals surface area contributed by atoms with E-state index < -0.39 is 10.0 Å². The number of nitrogens with zero attached hydrogens (tertiary/aromatic N) is 1. The van der Waals surface area contributed by atoms with Gasteiger partial charge in [-0.1, -0.05) is 19.1 Å². The highest BCUT2D eigenvalue weighted by molar-refractivity contribution is 7.89. The fourth-order valence-electron chi connectivity index (χ4n) is 3.70. The van der Waals surface area contributed by atoms with Crippen LogP contribution in [0.1, 0.15) is 25.3 Å². The lowest BCUT2D eigenvalue weighted by Gasteiger charge is -2.32. The van der Waals surface area contributed by atoms with E-state index in [4.69, 9.17) is 9.47 Å². The van der Waals surface area contributed by atoms with Crippen molar-refractivity contribution in [2.45, 2.75) is 31.2 Å². The maximum absolute atomic E-state index is 12.6. The van der Waals surface area contributed by atoms with Crippen LogP contribution in [0.4, 0.5) is 5.69 Å². The van der Waals surface area contributed by atoms with Crippen LogP contribution in [0.15, 0.2) is 47.4 Å². The summed E-state index contributed by atoms with van der Waals surface area (Å²) in [5.41, 5.74) is 2.12. The van der Waals surface area contributed by atoms with E-state index >= 15 is 0 Å². The summed E-state index contributed by atoms with van der Waals surface area (Å²) < 4.78 is 38.8. The zero-order valence-corrected chi connectivity index (χ0v) is 16.9. The molecule has 0 amide bonds. The smallest absolute Gasteiger partial charge is 0.241 e. The summed E-state index contributed by atoms with van der Waals surface area (Å²) in [6.45, 7) is 5.59. The molecule has 0 spiro atoms. The van der Waals surface area contributed by atoms with Crippen LogP contribution in [-0.4, -0.2) is 34.7 Å². The first-order valence-electron chi connectivity index (χ1n) is 9.74. The van der Waals surface area contributed by atoms with Crippen LogP contribution in [0, 0.1) is 5.92 Å². The lowest BCUT2D eigenvalue weighted by atomic mass is 9.99. The molecule has 2 heterocycles. The highest BCUT2D eigenvalue weighted by atomic mass is 32.2. The fourth-order valence-corrected chi connectivity index (χ4v) is 4.73. The molecule has 1 fully saturated rings. The number of anilines is 1. The third kappa shape index (κ3) is 4.25. The second-order valence-corrected chi connectivity index (χ2v) is 9.26. The summed E-state index contributed by atoms with van der Waals surface area (Å²) in [5, 5.41) is 0. The monoisotopic (exact) mass is 402 g/mol. The number of hydrogen-bond donors (Lipinski definition) is 1. The van der Waals surface area contributed by atoms with E-state index in [1.54, 1.807) is 6.07 Å². The van der Waals surface area contributed by atoms with Crippen molar-refractivity contribution in [1.29, 1.82) is 0 Å². The summed E-state index contributed by atoms with van der Waals surface area (Å²) in [4.78, 5) is 2.58. The SMILES string of the molecule is C[C@H]1CCCN(c2ccc(CNS(=O)(=O)c3ccc4c(c3)OCCO4)cc2)C1. The molecule has 2 aliphatic heterocycles. The predicted octanol–water partition coefficient (Wildman–Crippen LogP) is 3.17. The molecule has 1 atom stereocenters. The number of piperidine rings is 1. The predicted molar refractivity (Wildman–Crippen MR) is 109 cm³/mol. The maximum Gasteiger partial charge on any atom is 0.241 e. The highest BCUT2D eigenvalue weighted by Crippen LogP contribution is 2.32. The minimum atomic E-state index is -3.63. The van der Waals surface area contributed by atoms with Gasteiger partial charge in [0, 0.05) is 31.4 Å². The Bertz CT molecular complexity index is 928. The van der Waals surface area contributed by atoms with E-state index in [1.807, 2.05) is 12.1 Å². The quantitative estimate of drug-likeness (QED) is 0.832. The Labute approximate surface area is 166 Å². The van der Waals surface area contributed by atoms with Crippen LogP contribution in [0.2, 0.25) is 0 Å². The molecule has 1 N–H and O–H groups in total. The Kier molecular flexibility index (Phi) is 5.46. The molecule has 28 heavy (non-hydrogen) atoms. The number of fused-ring (bicyclic) bond motifs is 1. The van der Waals surface area contributed by atoms with Gasteiger partial charge in [0.05, 0.1) is 4.90 Å². The number of sulfonamides is 1. The summed E-state index contributed by atoms with van der Waals surface area (Å²) >= 11 is 0. The average molecular weight is 403 g/mol. The van der Waals surface area contributed by atoms with Crippen molar-refractivity contribution in [3.63, 3.8) is 0 Å². The maximum atomic E-state index is 12.6. The van der Waals surface area contributed by atoms with Crippen LogP contribution in [0.5, 0.6) is 11.5 Å². The van der Waals surface area contributed by atoms with Gasteiger partial charge in [0.15, 0.2) is 11.5 Å². The van der Waals surface area contributed by atoms with Crippen LogP contribution in [0.3, 0.4) is 0 Å². The highest BCUT2D eigenvalue weighted by Gasteiger charge is 2.20. The second kappa shape index (κ2) is 8.01. The van der Waals surface area contributed by atoms with Gasteiger partial charge >= 0.3 is 0 Å². The summed E-state index contributed by atoms with van der Waals surface area (Å²) in [7, 11) is -3.63. The molecule has 0 saturated carbocycles. The number of ether oxygens (including phenoxy) is 2. The molecule has 0 aliphatic carbocycles. The third-order valence-corrected chi connectivity index (χ3v) is 6.65. The number of hydrogen-bond acceptors (Lipinski definition) is 5. The van der Waals surface area contributed by atoms with Crippen molar-refractivity contribution in [3.8, 4) is 11.5 Å². The van der Waals surface area contributed by atoms with Crippen molar-refractivity contribution < 1.29 is 17.9 Å². The van der Waals surface area contributed by atoms with Gasteiger partial charge in [0.2, 0.25) is 10.0 Å². The number of rotatable bonds is 5. The third-order valence-electron chi connectivity index (χ3n) is 5.25. The van der Waals surface area contributed by atoms with Crippen LogP contribution in [0.25, 0.3) is 0 Å². The van der Waals surface area contributed by atoms with Crippen molar-refractivity contribution in [1.82, 2.24) is 4.72 Å². The standard InChI is InChI=1S/C21H26N2O4S/c1-16-3-2-10-23(15-16)18-6-4-17(5-7-18)14-22-28(24,25)19-8-9-20-21(13-19)27-12-11-26-20/h4-9,13,16,22H,2-3,10-12,14-15H2,1H3/t16-/m0/s1. The van der Waals surface area contributed by atoms with Crippen molar-refractivity contribution in [2.75, 3.05) is 31.2 Å². The van der Waals surface area contributed by atoms with E-state index in [-0.39, 0.29) is 11.4 Å². The Balaban J connectivity index is 1.40. The molecule has 0 bridgehead atoms. The first kappa shape index (κ1) is 19.1. The summed E-state index contributed by atoms with van der Waals surface area (Å²) in [6, 6.07) is 12.8. The molecule has 7 heteroatoms. The van der Waals surface area contributed by atoms with Gasteiger partial charge in [-0.05, 0) is 48.6 Å². The normalized spacial score (nSPS) is 19.5. The zero-order chi connectivity index (χ0) is 19.6. The fraction of sp³-hybridized carbons (Fsp3) is 0.429. The average Bonchev–Trinajstić information content (AvgIpc) is 2.72. The largest absolute Gasteiger partial charge is 0.486 e. The summed E-state index contributed by atoms with van der Waals surface area (Å²) in [6.07, 6.45) is 2.51. The van der Waals surface area contributed by atoms with Gasteiger partial charge in [-0.2, -0.15) is 0 Å². The molecule has 0 radical (unpaired) electrons. The van der Waals surface area contributed by atoms with Crippen molar-refractivity contribution in [3.05, 3.63) is 48.0 Å². The molecule has 150 valence electrons.